The van der Waals surface area contributed by atoms with E-state index in [1.54, 1.807) is 6.92 Å². The van der Waals surface area contributed by atoms with Crippen molar-refractivity contribution in [3.63, 3.8) is 0 Å². The summed E-state index contributed by atoms with van der Waals surface area (Å²) in [4.78, 5) is 22.7. The van der Waals surface area contributed by atoms with E-state index in [9.17, 15) is 9.59 Å². The van der Waals surface area contributed by atoms with Crippen LogP contribution in [0.4, 0.5) is 0 Å². The third-order valence-electron chi connectivity index (χ3n) is 2.06. The Labute approximate surface area is 84.0 Å². The van der Waals surface area contributed by atoms with Crippen molar-refractivity contribution in [3.8, 4) is 0 Å². The monoisotopic (exact) mass is 190 g/mol. The van der Waals surface area contributed by atoms with Gasteiger partial charge in [0, 0.05) is 11.1 Å². The number of hydrogen-bond donors (Lipinski definition) is 0. The van der Waals surface area contributed by atoms with Gasteiger partial charge in [0.25, 0.3) is 0 Å². The Morgan fingerprint density at radius 2 is 1.93 bits per heavy atom. The molecule has 1 rings (SSSR count). The van der Waals surface area contributed by atoms with Gasteiger partial charge < -0.3 is 0 Å². The summed E-state index contributed by atoms with van der Waals surface area (Å²) in [5, 5.41) is 0. The van der Waals surface area contributed by atoms with Gasteiger partial charge in [0.1, 0.15) is 0 Å². The molecular formula is C12H14O2. The molecule has 14 heavy (non-hydrogen) atoms. The molecule has 0 atom stereocenters. The second-order valence-electron chi connectivity index (χ2n) is 3.71. The maximum Gasteiger partial charge on any atom is 0.185 e. The van der Waals surface area contributed by atoms with Gasteiger partial charge in [-0.05, 0) is 39.3 Å². The minimum atomic E-state index is -0.0840. The van der Waals surface area contributed by atoms with Crippen LogP contribution < -0.4 is 0 Å². The van der Waals surface area contributed by atoms with E-state index in [1.807, 2.05) is 19.9 Å². The van der Waals surface area contributed by atoms with E-state index < -0.39 is 0 Å². The van der Waals surface area contributed by atoms with Crippen LogP contribution in [0.1, 0.15) is 27.2 Å². The fraction of sp³-hybridized carbons (Fsp3) is 0.333. The van der Waals surface area contributed by atoms with Crippen LogP contribution in [-0.2, 0) is 9.59 Å². The molecule has 0 bridgehead atoms. The Morgan fingerprint density at radius 1 is 1.29 bits per heavy atom. The van der Waals surface area contributed by atoms with Crippen LogP contribution >= 0.6 is 0 Å². The van der Waals surface area contributed by atoms with E-state index in [2.05, 4.69) is 0 Å². The molecule has 0 saturated heterocycles. The van der Waals surface area contributed by atoms with Crippen LogP contribution in [-0.4, -0.2) is 11.6 Å². The van der Waals surface area contributed by atoms with Gasteiger partial charge in [0.2, 0.25) is 0 Å². The first kappa shape index (κ1) is 10.6. The van der Waals surface area contributed by atoms with Crippen molar-refractivity contribution in [2.24, 2.45) is 0 Å². The van der Waals surface area contributed by atoms with Crippen LogP contribution in [0.3, 0.4) is 0 Å². The highest BCUT2D eigenvalue weighted by Gasteiger charge is 2.16. The van der Waals surface area contributed by atoms with Gasteiger partial charge in [0.15, 0.2) is 11.6 Å². The first-order valence-electron chi connectivity index (χ1n) is 4.61. The van der Waals surface area contributed by atoms with Gasteiger partial charge in [-0.2, -0.15) is 0 Å². The third kappa shape index (κ3) is 2.52. The standard InChI is InChI=1S/C12H14O2/c1-8(2)4-5-10-7-11(13)6-9(3)12(10)14/h4,6-7H,5H2,1-3H3. The molecule has 1 aliphatic rings. The molecule has 0 radical (unpaired) electrons. The molecule has 2 nitrogen and oxygen atoms in total. The van der Waals surface area contributed by atoms with Gasteiger partial charge >= 0.3 is 0 Å². The third-order valence-corrected chi connectivity index (χ3v) is 2.06. The van der Waals surface area contributed by atoms with Crippen LogP contribution in [0, 0.1) is 0 Å². The molecule has 0 aliphatic heterocycles. The van der Waals surface area contributed by atoms with E-state index in [0.717, 1.165) is 5.57 Å². The Hall–Kier alpha value is -1.44. The number of carbonyl (C=O) groups excluding carboxylic acids is 2. The minimum Gasteiger partial charge on any atom is -0.290 e. The molecule has 0 unspecified atom stereocenters. The largest absolute Gasteiger partial charge is 0.290 e. The molecule has 0 saturated carbocycles. The summed E-state index contributed by atoms with van der Waals surface area (Å²) in [5.74, 6) is -0.0960. The molecule has 0 fully saturated rings. The highest BCUT2D eigenvalue weighted by Crippen LogP contribution is 2.16. The summed E-state index contributed by atoms with van der Waals surface area (Å²) in [6.45, 7) is 5.62. The normalized spacial score (nSPS) is 16.2. The maximum absolute atomic E-state index is 11.6. The zero-order chi connectivity index (χ0) is 10.7. The number of rotatable bonds is 2. The van der Waals surface area contributed by atoms with E-state index in [1.165, 1.54) is 12.2 Å². The predicted molar refractivity (Wildman–Crippen MR) is 55.9 cm³/mol. The van der Waals surface area contributed by atoms with Crippen molar-refractivity contribution in [2.75, 3.05) is 0 Å². The van der Waals surface area contributed by atoms with Crippen molar-refractivity contribution >= 4 is 11.6 Å². The summed E-state index contributed by atoms with van der Waals surface area (Å²) < 4.78 is 0. The molecule has 0 aromatic heterocycles. The fourth-order valence-corrected chi connectivity index (χ4v) is 1.28. The summed E-state index contributed by atoms with van der Waals surface area (Å²) in [7, 11) is 0. The summed E-state index contributed by atoms with van der Waals surface area (Å²) >= 11 is 0. The average Bonchev–Trinajstić information content (AvgIpc) is 2.08. The second-order valence-corrected chi connectivity index (χ2v) is 3.71. The van der Waals surface area contributed by atoms with E-state index >= 15 is 0 Å². The molecule has 1 aliphatic carbocycles. The number of allylic oxidation sites excluding steroid dienone is 6. The van der Waals surface area contributed by atoms with Crippen molar-refractivity contribution in [1.29, 1.82) is 0 Å². The lowest BCUT2D eigenvalue weighted by Crippen LogP contribution is -2.11. The molecular weight excluding hydrogens is 176 g/mol. The smallest absolute Gasteiger partial charge is 0.185 e. The highest BCUT2D eigenvalue weighted by atomic mass is 16.1. The Bertz CT molecular complexity index is 364. The Balaban J connectivity index is 2.85. The quantitative estimate of drug-likeness (QED) is 0.495. The molecule has 0 aromatic rings. The van der Waals surface area contributed by atoms with Crippen molar-refractivity contribution in [1.82, 2.24) is 0 Å². The number of Topliss-reactive ketones (excluding diaryl/α,β-unsaturated/α-hetero) is 1. The van der Waals surface area contributed by atoms with E-state index in [0.29, 0.717) is 17.6 Å². The first-order chi connectivity index (χ1) is 6.50. The number of hydrogen-bond acceptors (Lipinski definition) is 2. The van der Waals surface area contributed by atoms with E-state index in [-0.39, 0.29) is 11.6 Å². The molecule has 0 aromatic carbocycles. The number of ketones is 2. The van der Waals surface area contributed by atoms with Gasteiger partial charge in [-0.1, -0.05) is 11.6 Å². The van der Waals surface area contributed by atoms with Crippen LogP contribution in [0.15, 0.2) is 34.9 Å². The lowest BCUT2D eigenvalue weighted by atomic mass is 9.94. The molecule has 2 heteroatoms. The Morgan fingerprint density at radius 3 is 2.50 bits per heavy atom. The summed E-state index contributed by atoms with van der Waals surface area (Å²) in [6, 6.07) is 0. The van der Waals surface area contributed by atoms with Gasteiger partial charge in [-0.3, -0.25) is 9.59 Å². The van der Waals surface area contributed by atoms with Crippen LogP contribution in [0.25, 0.3) is 0 Å². The van der Waals surface area contributed by atoms with Gasteiger partial charge in [-0.25, -0.2) is 0 Å². The van der Waals surface area contributed by atoms with Crippen LogP contribution in [0.2, 0.25) is 0 Å². The second kappa shape index (κ2) is 4.18. The lowest BCUT2D eigenvalue weighted by Gasteiger charge is -2.08. The average molecular weight is 190 g/mol. The topological polar surface area (TPSA) is 34.1 Å². The van der Waals surface area contributed by atoms with Crippen LogP contribution in [0.5, 0.6) is 0 Å². The van der Waals surface area contributed by atoms with Gasteiger partial charge in [0.05, 0.1) is 0 Å². The van der Waals surface area contributed by atoms with Crippen molar-refractivity contribution in [3.05, 3.63) is 34.9 Å². The molecule has 0 N–H and O–H groups in total. The predicted octanol–water partition coefficient (Wildman–Crippen LogP) is 2.37. The lowest BCUT2D eigenvalue weighted by molar-refractivity contribution is -0.115. The maximum atomic E-state index is 11.6. The SMILES string of the molecule is CC(C)=CCC1=CC(=O)C=C(C)C1=O. The zero-order valence-electron chi connectivity index (χ0n) is 8.76. The highest BCUT2D eigenvalue weighted by molar-refractivity contribution is 6.20. The molecule has 0 spiro atoms. The van der Waals surface area contributed by atoms with Crippen molar-refractivity contribution in [2.45, 2.75) is 27.2 Å². The summed E-state index contributed by atoms with van der Waals surface area (Å²) in [6.07, 6.45) is 5.32. The fourth-order valence-electron chi connectivity index (χ4n) is 1.28. The van der Waals surface area contributed by atoms with Gasteiger partial charge in [-0.15, -0.1) is 0 Å². The molecule has 0 amide bonds. The van der Waals surface area contributed by atoms with E-state index in [4.69, 9.17) is 0 Å². The first-order valence-corrected chi connectivity index (χ1v) is 4.61. The summed E-state index contributed by atoms with van der Waals surface area (Å²) in [5.41, 5.74) is 2.28. The minimum absolute atomic E-state index is 0.0119. The number of carbonyl (C=O) groups is 2. The van der Waals surface area contributed by atoms with Crippen molar-refractivity contribution < 1.29 is 9.59 Å². The molecule has 0 heterocycles. The Kier molecular flexibility index (Phi) is 3.18. The molecule has 74 valence electrons. The zero-order valence-corrected chi connectivity index (χ0v) is 8.76.